The number of benzene rings is 1. The molecule has 92 valence electrons. The number of hydrogen-bond donors (Lipinski definition) is 1. The Balaban J connectivity index is 1.93. The van der Waals surface area contributed by atoms with E-state index in [1.54, 1.807) is 6.92 Å². The Bertz CT molecular complexity index is 398. The van der Waals surface area contributed by atoms with Crippen LogP contribution in [0.3, 0.4) is 0 Å². The first kappa shape index (κ1) is 12.2. The van der Waals surface area contributed by atoms with Gasteiger partial charge in [0.25, 0.3) is 0 Å². The molecule has 0 bridgehead atoms. The molecule has 2 rings (SSSR count). The van der Waals surface area contributed by atoms with Gasteiger partial charge in [0.15, 0.2) is 0 Å². The van der Waals surface area contributed by atoms with Crippen molar-refractivity contribution in [1.82, 2.24) is 5.32 Å². The Kier molecular flexibility index (Phi) is 3.57. The molecule has 1 aromatic rings. The van der Waals surface area contributed by atoms with E-state index >= 15 is 0 Å². The zero-order valence-electron chi connectivity index (χ0n) is 9.83. The highest BCUT2D eigenvalue weighted by Gasteiger charge is 2.44. The van der Waals surface area contributed by atoms with Crippen molar-refractivity contribution in [3.05, 3.63) is 34.9 Å². The summed E-state index contributed by atoms with van der Waals surface area (Å²) < 4.78 is 4.90. The van der Waals surface area contributed by atoms with E-state index in [0.717, 1.165) is 24.3 Å². The lowest BCUT2D eigenvalue weighted by Crippen LogP contribution is -2.38. The first-order valence-corrected chi connectivity index (χ1v) is 6.21. The van der Waals surface area contributed by atoms with Crippen molar-refractivity contribution in [2.24, 2.45) is 0 Å². The summed E-state index contributed by atoms with van der Waals surface area (Å²) in [5.41, 5.74) is 1.09. The normalized spacial score (nSPS) is 16.4. The number of carbonyl (C=O) groups is 1. The summed E-state index contributed by atoms with van der Waals surface area (Å²) >= 11 is 5.83. The Morgan fingerprint density at radius 2 is 2.06 bits per heavy atom. The van der Waals surface area contributed by atoms with E-state index < -0.39 is 0 Å². The first-order chi connectivity index (χ1) is 8.13. The predicted octanol–water partition coefficient (Wildman–Crippen LogP) is 3.16. The molecule has 1 saturated carbocycles. The molecule has 3 nitrogen and oxygen atoms in total. The average molecular weight is 254 g/mol. The number of rotatable bonds is 4. The SMILES string of the molecule is CCOC(=O)NC1(Cc2ccc(Cl)cc2)CC1. The molecule has 0 saturated heterocycles. The topological polar surface area (TPSA) is 38.3 Å². The second kappa shape index (κ2) is 4.96. The summed E-state index contributed by atoms with van der Waals surface area (Å²) in [4.78, 5) is 11.4. The molecule has 0 aliphatic heterocycles. The molecule has 1 amide bonds. The van der Waals surface area contributed by atoms with Crippen LogP contribution in [0.2, 0.25) is 5.02 Å². The summed E-state index contributed by atoms with van der Waals surface area (Å²) in [6, 6.07) is 7.74. The zero-order chi connectivity index (χ0) is 12.3. The van der Waals surface area contributed by atoms with Crippen molar-refractivity contribution in [1.29, 1.82) is 0 Å². The highest BCUT2D eigenvalue weighted by molar-refractivity contribution is 6.30. The van der Waals surface area contributed by atoms with Gasteiger partial charge in [-0.1, -0.05) is 23.7 Å². The number of alkyl carbamates (subject to hydrolysis) is 1. The fourth-order valence-corrected chi connectivity index (χ4v) is 2.00. The minimum absolute atomic E-state index is 0.0971. The van der Waals surface area contributed by atoms with Crippen molar-refractivity contribution in [3.63, 3.8) is 0 Å². The third kappa shape index (κ3) is 3.37. The van der Waals surface area contributed by atoms with Gasteiger partial charge in [-0.25, -0.2) is 4.79 Å². The van der Waals surface area contributed by atoms with Crippen LogP contribution < -0.4 is 5.32 Å². The van der Waals surface area contributed by atoms with E-state index in [4.69, 9.17) is 16.3 Å². The Morgan fingerprint density at radius 1 is 1.41 bits per heavy atom. The van der Waals surface area contributed by atoms with Crippen molar-refractivity contribution >= 4 is 17.7 Å². The maximum Gasteiger partial charge on any atom is 0.407 e. The smallest absolute Gasteiger partial charge is 0.407 e. The molecule has 17 heavy (non-hydrogen) atoms. The number of amides is 1. The lowest BCUT2D eigenvalue weighted by molar-refractivity contribution is 0.146. The highest BCUT2D eigenvalue weighted by Crippen LogP contribution is 2.38. The molecule has 0 spiro atoms. The van der Waals surface area contributed by atoms with E-state index in [-0.39, 0.29) is 11.6 Å². The molecule has 4 heteroatoms. The van der Waals surface area contributed by atoms with Crippen LogP contribution in [0.5, 0.6) is 0 Å². The minimum Gasteiger partial charge on any atom is -0.450 e. The highest BCUT2D eigenvalue weighted by atomic mass is 35.5. The number of nitrogens with one attached hydrogen (secondary N) is 1. The number of hydrogen-bond acceptors (Lipinski definition) is 2. The summed E-state index contributed by atoms with van der Waals surface area (Å²) in [5.74, 6) is 0. The maximum atomic E-state index is 11.4. The van der Waals surface area contributed by atoms with Crippen LogP contribution in [-0.2, 0) is 11.2 Å². The van der Waals surface area contributed by atoms with Crippen LogP contribution in [0.15, 0.2) is 24.3 Å². The summed E-state index contributed by atoms with van der Waals surface area (Å²) in [5, 5.41) is 3.67. The van der Waals surface area contributed by atoms with Crippen molar-refractivity contribution in [3.8, 4) is 0 Å². The Labute approximate surface area is 106 Å². The first-order valence-electron chi connectivity index (χ1n) is 5.83. The fourth-order valence-electron chi connectivity index (χ4n) is 1.87. The van der Waals surface area contributed by atoms with Gasteiger partial charge in [0.1, 0.15) is 0 Å². The predicted molar refractivity (Wildman–Crippen MR) is 67.3 cm³/mol. The van der Waals surface area contributed by atoms with Gasteiger partial charge in [0.05, 0.1) is 6.61 Å². The molecule has 1 aliphatic carbocycles. The molecule has 0 unspecified atom stereocenters. The average Bonchev–Trinajstić information content (AvgIpc) is 3.02. The quantitative estimate of drug-likeness (QED) is 0.895. The lowest BCUT2D eigenvalue weighted by Gasteiger charge is -2.17. The maximum absolute atomic E-state index is 11.4. The molecule has 1 fully saturated rings. The van der Waals surface area contributed by atoms with Crippen molar-refractivity contribution in [2.45, 2.75) is 31.7 Å². The number of halogens is 1. The molecule has 0 atom stereocenters. The molecular formula is C13H16ClNO2. The van der Waals surface area contributed by atoms with Crippen LogP contribution in [-0.4, -0.2) is 18.2 Å². The van der Waals surface area contributed by atoms with Gasteiger partial charge < -0.3 is 10.1 Å². The third-order valence-corrected chi connectivity index (χ3v) is 3.20. The van der Waals surface area contributed by atoms with E-state index in [0.29, 0.717) is 6.61 Å². The van der Waals surface area contributed by atoms with E-state index in [2.05, 4.69) is 5.32 Å². The van der Waals surface area contributed by atoms with Gasteiger partial charge in [-0.15, -0.1) is 0 Å². The van der Waals surface area contributed by atoms with Crippen LogP contribution >= 0.6 is 11.6 Å². The Hall–Kier alpha value is -1.22. The monoisotopic (exact) mass is 253 g/mol. The van der Waals surface area contributed by atoms with Crippen LogP contribution in [0, 0.1) is 0 Å². The van der Waals surface area contributed by atoms with Gasteiger partial charge >= 0.3 is 6.09 Å². The van der Waals surface area contributed by atoms with E-state index in [1.165, 1.54) is 5.56 Å². The molecule has 1 aliphatic rings. The lowest BCUT2D eigenvalue weighted by atomic mass is 10.0. The molecule has 0 heterocycles. The van der Waals surface area contributed by atoms with Gasteiger partial charge in [0, 0.05) is 10.6 Å². The van der Waals surface area contributed by atoms with Crippen LogP contribution in [0.1, 0.15) is 25.3 Å². The van der Waals surface area contributed by atoms with Gasteiger partial charge in [0.2, 0.25) is 0 Å². The van der Waals surface area contributed by atoms with Gasteiger partial charge in [-0.2, -0.15) is 0 Å². The van der Waals surface area contributed by atoms with Crippen molar-refractivity contribution < 1.29 is 9.53 Å². The number of carbonyl (C=O) groups excluding carboxylic acids is 1. The van der Waals surface area contributed by atoms with Gasteiger partial charge in [-0.05, 0) is 43.9 Å². The van der Waals surface area contributed by atoms with E-state index in [9.17, 15) is 4.79 Å². The molecular weight excluding hydrogens is 238 g/mol. The van der Waals surface area contributed by atoms with Crippen molar-refractivity contribution in [2.75, 3.05) is 6.61 Å². The summed E-state index contributed by atoms with van der Waals surface area (Å²) in [7, 11) is 0. The molecule has 0 radical (unpaired) electrons. The number of ether oxygens (including phenoxy) is 1. The third-order valence-electron chi connectivity index (χ3n) is 2.95. The fraction of sp³-hybridized carbons (Fsp3) is 0.462. The zero-order valence-corrected chi connectivity index (χ0v) is 10.6. The second-order valence-electron chi connectivity index (χ2n) is 4.43. The van der Waals surface area contributed by atoms with Gasteiger partial charge in [-0.3, -0.25) is 0 Å². The largest absolute Gasteiger partial charge is 0.450 e. The van der Waals surface area contributed by atoms with Crippen LogP contribution in [0.25, 0.3) is 0 Å². The minimum atomic E-state index is -0.320. The molecule has 0 aromatic heterocycles. The standard InChI is InChI=1S/C13H16ClNO2/c1-2-17-12(16)15-13(7-8-13)9-10-3-5-11(14)6-4-10/h3-6H,2,7-9H2,1H3,(H,15,16). The van der Waals surface area contributed by atoms with Crippen LogP contribution in [0.4, 0.5) is 4.79 Å². The molecule has 1 aromatic carbocycles. The second-order valence-corrected chi connectivity index (χ2v) is 4.87. The molecule has 1 N–H and O–H groups in total. The summed E-state index contributed by atoms with van der Waals surface area (Å²) in [6.45, 7) is 2.21. The Morgan fingerprint density at radius 3 is 2.59 bits per heavy atom. The van der Waals surface area contributed by atoms with E-state index in [1.807, 2.05) is 24.3 Å². The summed E-state index contributed by atoms with van der Waals surface area (Å²) in [6.07, 6.45) is 2.53.